The second kappa shape index (κ2) is 4.68. The molecule has 1 aliphatic rings. The average Bonchev–Trinajstić information content (AvgIpc) is 3.27. The minimum Gasteiger partial charge on any atom is -0.241 e. The Kier molecular flexibility index (Phi) is 2.87. The molecule has 4 rings (SSSR count). The molecular weight excluding hydrogens is 301 g/mol. The van der Waals surface area contributed by atoms with Crippen LogP contribution in [0.25, 0.3) is 10.9 Å². The molecule has 0 radical (unpaired) electrons. The lowest BCUT2D eigenvalue weighted by atomic mass is 10.1. The molecule has 1 fully saturated rings. The molecular formula is C17H14FNO2S. The van der Waals surface area contributed by atoms with Crippen LogP contribution in [-0.2, 0) is 10.0 Å². The first-order valence-electron chi connectivity index (χ1n) is 7.18. The Balaban J connectivity index is 1.96. The molecule has 2 aromatic carbocycles. The van der Waals surface area contributed by atoms with Crippen molar-refractivity contribution in [1.29, 1.82) is 0 Å². The largest absolute Gasteiger partial charge is 0.268 e. The lowest BCUT2D eigenvalue weighted by Crippen LogP contribution is -2.11. The van der Waals surface area contributed by atoms with Gasteiger partial charge in [0.15, 0.2) is 0 Å². The molecule has 0 bridgehead atoms. The molecule has 0 saturated heterocycles. The second-order valence-electron chi connectivity index (χ2n) is 5.64. The van der Waals surface area contributed by atoms with E-state index in [4.69, 9.17) is 0 Å². The van der Waals surface area contributed by atoms with E-state index >= 15 is 0 Å². The van der Waals surface area contributed by atoms with Gasteiger partial charge >= 0.3 is 0 Å². The van der Waals surface area contributed by atoms with E-state index in [1.807, 2.05) is 0 Å². The van der Waals surface area contributed by atoms with E-state index in [0.29, 0.717) is 16.8 Å². The van der Waals surface area contributed by atoms with Crippen LogP contribution in [0.15, 0.2) is 59.6 Å². The van der Waals surface area contributed by atoms with Gasteiger partial charge in [-0.2, -0.15) is 0 Å². The quantitative estimate of drug-likeness (QED) is 0.735. The molecule has 0 spiro atoms. The molecule has 1 aliphatic carbocycles. The minimum absolute atomic E-state index is 0.199. The first-order valence-corrected chi connectivity index (χ1v) is 8.62. The summed E-state index contributed by atoms with van der Waals surface area (Å²) in [7, 11) is -3.71. The Morgan fingerprint density at radius 3 is 2.45 bits per heavy atom. The SMILES string of the molecule is O=S(=O)(c1ccccc1)n1ccc2c(F)cc(C3CC3)cc21. The van der Waals surface area contributed by atoms with Crippen LogP contribution in [0, 0.1) is 5.82 Å². The predicted octanol–water partition coefficient (Wildman–Crippen LogP) is 3.89. The summed E-state index contributed by atoms with van der Waals surface area (Å²) >= 11 is 0. The van der Waals surface area contributed by atoms with Gasteiger partial charge in [-0.3, -0.25) is 0 Å². The van der Waals surface area contributed by atoms with Crippen molar-refractivity contribution in [3.05, 3.63) is 66.1 Å². The summed E-state index contributed by atoms with van der Waals surface area (Å²) in [5, 5.41) is 0.337. The number of aromatic nitrogens is 1. The third-order valence-electron chi connectivity index (χ3n) is 4.09. The Hall–Kier alpha value is -2.14. The van der Waals surface area contributed by atoms with Gasteiger partial charge in [0.25, 0.3) is 10.0 Å². The molecule has 0 atom stereocenters. The van der Waals surface area contributed by atoms with Crippen molar-refractivity contribution >= 4 is 20.9 Å². The van der Waals surface area contributed by atoms with Crippen LogP contribution in [-0.4, -0.2) is 12.4 Å². The zero-order chi connectivity index (χ0) is 15.3. The number of nitrogens with zero attached hydrogens (tertiary/aromatic N) is 1. The number of hydrogen-bond donors (Lipinski definition) is 0. The summed E-state index contributed by atoms with van der Waals surface area (Å²) in [5.74, 6) is 0.00286. The van der Waals surface area contributed by atoms with Gasteiger partial charge in [0, 0.05) is 11.6 Å². The smallest absolute Gasteiger partial charge is 0.241 e. The van der Waals surface area contributed by atoms with Gasteiger partial charge in [-0.05, 0) is 54.7 Å². The molecule has 0 aliphatic heterocycles. The highest BCUT2D eigenvalue weighted by Gasteiger charge is 2.26. The lowest BCUT2D eigenvalue weighted by molar-refractivity contribution is 0.589. The number of hydrogen-bond acceptors (Lipinski definition) is 2. The highest BCUT2D eigenvalue weighted by atomic mass is 32.2. The van der Waals surface area contributed by atoms with Crippen LogP contribution in [0.5, 0.6) is 0 Å². The van der Waals surface area contributed by atoms with Crippen molar-refractivity contribution in [2.45, 2.75) is 23.7 Å². The number of fused-ring (bicyclic) bond motifs is 1. The normalized spacial score (nSPS) is 15.3. The summed E-state index contributed by atoms with van der Waals surface area (Å²) in [6.45, 7) is 0. The van der Waals surface area contributed by atoms with Crippen molar-refractivity contribution in [1.82, 2.24) is 3.97 Å². The van der Waals surface area contributed by atoms with Gasteiger partial charge in [0.2, 0.25) is 0 Å². The number of halogens is 1. The zero-order valence-corrected chi connectivity index (χ0v) is 12.6. The van der Waals surface area contributed by atoms with E-state index < -0.39 is 10.0 Å². The third kappa shape index (κ3) is 2.04. The van der Waals surface area contributed by atoms with Crippen LogP contribution in [0.3, 0.4) is 0 Å². The fraction of sp³-hybridized carbons (Fsp3) is 0.176. The third-order valence-corrected chi connectivity index (χ3v) is 5.80. The molecule has 0 amide bonds. The Morgan fingerprint density at radius 2 is 1.77 bits per heavy atom. The van der Waals surface area contributed by atoms with Crippen LogP contribution >= 0.6 is 0 Å². The summed E-state index contributed by atoms with van der Waals surface area (Å²) in [6.07, 6.45) is 3.50. The maximum Gasteiger partial charge on any atom is 0.268 e. The van der Waals surface area contributed by atoms with Crippen molar-refractivity contribution in [3.63, 3.8) is 0 Å². The number of benzene rings is 2. The monoisotopic (exact) mass is 315 g/mol. The van der Waals surface area contributed by atoms with E-state index in [1.54, 1.807) is 36.4 Å². The van der Waals surface area contributed by atoms with Crippen LogP contribution in [0.2, 0.25) is 0 Å². The van der Waals surface area contributed by atoms with E-state index in [1.165, 1.54) is 22.3 Å². The van der Waals surface area contributed by atoms with E-state index in [0.717, 1.165) is 18.4 Å². The predicted molar refractivity (Wildman–Crippen MR) is 82.9 cm³/mol. The maximum absolute atomic E-state index is 14.2. The van der Waals surface area contributed by atoms with Gasteiger partial charge < -0.3 is 0 Å². The average molecular weight is 315 g/mol. The van der Waals surface area contributed by atoms with Gasteiger partial charge in [0.05, 0.1) is 10.4 Å². The van der Waals surface area contributed by atoms with Gasteiger partial charge in [-0.15, -0.1) is 0 Å². The molecule has 0 unspecified atom stereocenters. The molecule has 22 heavy (non-hydrogen) atoms. The van der Waals surface area contributed by atoms with Crippen molar-refractivity contribution in [2.75, 3.05) is 0 Å². The highest BCUT2D eigenvalue weighted by Crippen LogP contribution is 2.41. The van der Waals surface area contributed by atoms with Gasteiger partial charge in [-0.1, -0.05) is 18.2 Å². The van der Waals surface area contributed by atoms with Crippen molar-refractivity contribution in [3.8, 4) is 0 Å². The molecule has 1 heterocycles. The molecule has 1 aromatic heterocycles. The number of rotatable bonds is 3. The first-order chi connectivity index (χ1) is 10.6. The maximum atomic E-state index is 14.2. The van der Waals surface area contributed by atoms with Gasteiger partial charge in [-0.25, -0.2) is 16.8 Å². The Labute approximate surface area is 128 Å². The van der Waals surface area contributed by atoms with E-state index in [-0.39, 0.29) is 10.7 Å². The van der Waals surface area contributed by atoms with Crippen LogP contribution < -0.4 is 0 Å². The Morgan fingerprint density at radius 1 is 1.05 bits per heavy atom. The molecule has 5 heteroatoms. The van der Waals surface area contributed by atoms with E-state index in [2.05, 4.69) is 0 Å². The zero-order valence-electron chi connectivity index (χ0n) is 11.7. The first kappa shape index (κ1) is 13.5. The van der Waals surface area contributed by atoms with Crippen LogP contribution in [0.1, 0.15) is 24.3 Å². The Bertz CT molecular complexity index is 957. The van der Waals surface area contributed by atoms with E-state index in [9.17, 15) is 12.8 Å². The van der Waals surface area contributed by atoms with Gasteiger partial charge in [0.1, 0.15) is 5.82 Å². The van der Waals surface area contributed by atoms with Crippen LogP contribution in [0.4, 0.5) is 4.39 Å². The summed E-state index contributed by atoms with van der Waals surface area (Å²) in [6, 6.07) is 13.0. The highest BCUT2D eigenvalue weighted by molar-refractivity contribution is 7.90. The molecule has 1 saturated carbocycles. The topological polar surface area (TPSA) is 39.1 Å². The fourth-order valence-corrected chi connectivity index (χ4v) is 4.12. The standard InChI is InChI=1S/C17H14FNO2S/c18-16-10-13(12-6-7-12)11-17-15(16)8-9-19(17)22(20,21)14-4-2-1-3-5-14/h1-5,8-12H,6-7H2. The minimum atomic E-state index is -3.71. The lowest BCUT2D eigenvalue weighted by Gasteiger charge is -2.09. The summed E-state index contributed by atoms with van der Waals surface area (Å²) < 4.78 is 40.9. The molecule has 3 nitrogen and oxygen atoms in total. The molecule has 112 valence electrons. The van der Waals surface area contributed by atoms with Crippen molar-refractivity contribution in [2.24, 2.45) is 0 Å². The summed E-state index contributed by atoms with van der Waals surface area (Å²) in [4.78, 5) is 0.199. The van der Waals surface area contributed by atoms with Crippen molar-refractivity contribution < 1.29 is 12.8 Å². The second-order valence-corrected chi connectivity index (χ2v) is 7.45. The molecule has 0 N–H and O–H groups in total. The molecule has 3 aromatic rings. The summed E-state index contributed by atoms with van der Waals surface area (Å²) in [5.41, 5.74) is 1.29. The fourth-order valence-electron chi connectivity index (χ4n) is 2.76.